The molecule has 0 atom stereocenters. The van der Waals surface area contributed by atoms with Gasteiger partial charge in [-0.3, -0.25) is 4.79 Å². The molecule has 0 aliphatic carbocycles. The smallest absolute Gasteiger partial charge is 0.308 e. The monoisotopic (exact) mass is 315 g/mol. The van der Waals surface area contributed by atoms with Crippen LogP contribution in [0.2, 0.25) is 0 Å². The SMILES string of the molecule is CCSc1ccc(OC(C)=O)cc1NCc1cccc(C)c1. The molecule has 0 radical (unpaired) electrons. The van der Waals surface area contributed by atoms with E-state index in [4.69, 9.17) is 4.74 Å². The van der Waals surface area contributed by atoms with Crippen LogP contribution in [0.25, 0.3) is 0 Å². The van der Waals surface area contributed by atoms with Gasteiger partial charge >= 0.3 is 5.97 Å². The Balaban J connectivity index is 2.17. The molecule has 2 aromatic rings. The van der Waals surface area contributed by atoms with Crippen LogP contribution in [-0.2, 0) is 11.3 Å². The second-order valence-electron chi connectivity index (χ2n) is 5.03. The number of hydrogen-bond acceptors (Lipinski definition) is 4. The van der Waals surface area contributed by atoms with Crippen LogP contribution in [0.5, 0.6) is 5.75 Å². The lowest BCUT2D eigenvalue weighted by atomic mass is 10.1. The normalized spacial score (nSPS) is 10.3. The third-order valence-corrected chi connectivity index (χ3v) is 4.03. The van der Waals surface area contributed by atoms with Crippen LogP contribution in [0.15, 0.2) is 47.4 Å². The van der Waals surface area contributed by atoms with Crippen LogP contribution < -0.4 is 10.1 Å². The first kappa shape index (κ1) is 16.4. The van der Waals surface area contributed by atoms with E-state index in [1.807, 2.05) is 18.2 Å². The summed E-state index contributed by atoms with van der Waals surface area (Å²) in [6, 6.07) is 14.1. The zero-order valence-electron chi connectivity index (χ0n) is 13.2. The van der Waals surface area contributed by atoms with Crippen molar-refractivity contribution in [2.24, 2.45) is 0 Å². The van der Waals surface area contributed by atoms with Crippen molar-refractivity contribution in [2.75, 3.05) is 11.1 Å². The highest BCUT2D eigenvalue weighted by molar-refractivity contribution is 7.99. The first-order valence-electron chi connectivity index (χ1n) is 7.33. The summed E-state index contributed by atoms with van der Waals surface area (Å²) in [5.74, 6) is 1.26. The van der Waals surface area contributed by atoms with Gasteiger partial charge in [0.05, 0.1) is 5.69 Å². The fourth-order valence-electron chi connectivity index (χ4n) is 2.18. The van der Waals surface area contributed by atoms with E-state index >= 15 is 0 Å². The number of ether oxygens (including phenoxy) is 1. The molecule has 0 fully saturated rings. The zero-order valence-corrected chi connectivity index (χ0v) is 14.0. The molecular formula is C18H21NO2S. The highest BCUT2D eigenvalue weighted by Crippen LogP contribution is 2.31. The molecule has 0 unspecified atom stereocenters. The predicted molar refractivity (Wildman–Crippen MR) is 92.7 cm³/mol. The average molecular weight is 315 g/mol. The summed E-state index contributed by atoms with van der Waals surface area (Å²) in [6.07, 6.45) is 0. The molecule has 0 amide bonds. The van der Waals surface area contributed by atoms with E-state index in [0.717, 1.165) is 22.9 Å². The maximum absolute atomic E-state index is 11.1. The molecule has 0 spiro atoms. The van der Waals surface area contributed by atoms with Gasteiger partial charge in [0, 0.05) is 24.4 Å². The number of hydrogen-bond donors (Lipinski definition) is 1. The van der Waals surface area contributed by atoms with E-state index in [1.54, 1.807) is 11.8 Å². The van der Waals surface area contributed by atoms with Crippen molar-refractivity contribution in [1.82, 2.24) is 0 Å². The molecule has 2 rings (SSSR count). The van der Waals surface area contributed by atoms with Gasteiger partial charge in [-0.05, 0) is 30.4 Å². The first-order valence-corrected chi connectivity index (χ1v) is 8.31. The Labute approximate surface area is 136 Å². The molecule has 0 saturated carbocycles. The van der Waals surface area contributed by atoms with Crippen molar-refractivity contribution >= 4 is 23.4 Å². The second kappa shape index (κ2) is 7.90. The fraction of sp³-hybridized carbons (Fsp3) is 0.278. The lowest BCUT2D eigenvalue weighted by molar-refractivity contribution is -0.131. The molecule has 1 N–H and O–H groups in total. The van der Waals surface area contributed by atoms with E-state index in [9.17, 15) is 4.79 Å². The summed E-state index contributed by atoms with van der Waals surface area (Å²) < 4.78 is 5.17. The topological polar surface area (TPSA) is 38.3 Å². The van der Waals surface area contributed by atoms with Crippen molar-refractivity contribution in [2.45, 2.75) is 32.2 Å². The Morgan fingerprint density at radius 1 is 1.23 bits per heavy atom. The summed E-state index contributed by atoms with van der Waals surface area (Å²) >= 11 is 1.76. The summed E-state index contributed by atoms with van der Waals surface area (Å²) in [6.45, 7) is 6.36. The third-order valence-electron chi connectivity index (χ3n) is 3.08. The van der Waals surface area contributed by atoms with Crippen LogP contribution in [0, 0.1) is 6.92 Å². The molecule has 116 valence electrons. The van der Waals surface area contributed by atoms with Crippen LogP contribution >= 0.6 is 11.8 Å². The molecule has 3 nitrogen and oxygen atoms in total. The largest absolute Gasteiger partial charge is 0.427 e. The number of nitrogens with one attached hydrogen (secondary N) is 1. The van der Waals surface area contributed by atoms with Gasteiger partial charge < -0.3 is 10.1 Å². The minimum absolute atomic E-state index is 0.305. The van der Waals surface area contributed by atoms with E-state index < -0.39 is 0 Å². The molecule has 22 heavy (non-hydrogen) atoms. The summed E-state index contributed by atoms with van der Waals surface area (Å²) in [5.41, 5.74) is 3.47. The quantitative estimate of drug-likeness (QED) is 0.478. The molecule has 0 aliphatic heterocycles. The first-order chi connectivity index (χ1) is 10.6. The number of carbonyl (C=O) groups excluding carboxylic acids is 1. The van der Waals surface area contributed by atoms with Gasteiger partial charge in [0.1, 0.15) is 5.75 Å². The Bertz CT molecular complexity index is 655. The maximum atomic E-state index is 11.1. The number of carbonyl (C=O) groups is 1. The lowest BCUT2D eigenvalue weighted by Crippen LogP contribution is -2.04. The van der Waals surface area contributed by atoms with Gasteiger partial charge in [-0.25, -0.2) is 0 Å². The number of anilines is 1. The van der Waals surface area contributed by atoms with Gasteiger partial charge in [-0.15, -0.1) is 11.8 Å². The summed E-state index contributed by atoms with van der Waals surface area (Å²) in [7, 11) is 0. The molecule has 0 aromatic heterocycles. The highest BCUT2D eigenvalue weighted by atomic mass is 32.2. The van der Waals surface area contributed by atoms with E-state index in [0.29, 0.717) is 5.75 Å². The van der Waals surface area contributed by atoms with Crippen LogP contribution in [0.3, 0.4) is 0 Å². The lowest BCUT2D eigenvalue weighted by Gasteiger charge is -2.13. The average Bonchev–Trinajstić information content (AvgIpc) is 2.47. The van der Waals surface area contributed by atoms with Crippen molar-refractivity contribution in [3.8, 4) is 5.75 Å². The van der Waals surface area contributed by atoms with Crippen LogP contribution in [0.4, 0.5) is 5.69 Å². The predicted octanol–water partition coefficient (Wildman–Crippen LogP) is 4.64. The van der Waals surface area contributed by atoms with Crippen molar-refractivity contribution in [1.29, 1.82) is 0 Å². The molecule has 0 bridgehead atoms. The summed E-state index contributed by atoms with van der Waals surface area (Å²) in [4.78, 5) is 12.3. The Hall–Kier alpha value is -1.94. The molecular weight excluding hydrogens is 294 g/mol. The number of rotatable bonds is 6. The zero-order chi connectivity index (χ0) is 15.9. The Morgan fingerprint density at radius 3 is 2.73 bits per heavy atom. The number of aryl methyl sites for hydroxylation is 1. The van der Waals surface area contributed by atoms with E-state index in [-0.39, 0.29) is 5.97 Å². The second-order valence-corrected chi connectivity index (χ2v) is 6.33. The molecule has 0 aliphatic rings. The standard InChI is InChI=1S/C18H21NO2S/c1-4-22-18-9-8-16(21-14(3)20)11-17(18)19-12-15-7-5-6-13(2)10-15/h5-11,19H,4,12H2,1-3H3. The number of benzene rings is 2. The van der Waals surface area contributed by atoms with Crippen molar-refractivity contribution in [3.05, 3.63) is 53.6 Å². The molecule has 4 heteroatoms. The molecule has 0 heterocycles. The van der Waals surface area contributed by atoms with Crippen LogP contribution in [-0.4, -0.2) is 11.7 Å². The number of esters is 1. The minimum Gasteiger partial charge on any atom is -0.427 e. The van der Waals surface area contributed by atoms with Gasteiger partial charge in [-0.2, -0.15) is 0 Å². The van der Waals surface area contributed by atoms with Gasteiger partial charge in [0.25, 0.3) is 0 Å². The third kappa shape index (κ3) is 4.81. The van der Waals surface area contributed by atoms with Crippen molar-refractivity contribution < 1.29 is 9.53 Å². The summed E-state index contributed by atoms with van der Waals surface area (Å²) in [5, 5.41) is 3.44. The Kier molecular flexibility index (Phi) is 5.90. The number of thioether (sulfide) groups is 1. The van der Waals surface area contributed by atoms with Crippen molar-refractivity contribution in [3.63, 3.8) is 0 Å². The highest BCUT2D eigenvalue weighted by Gasteiger charge is 2.06. The van der Waals surface area contributed by atoms with E-state index in [2.05, 4.69) is 43.4 Å². The fourth-order valence-corrected chi connectivity index (χ4v) is 2.94. The van der Waals surface area contributed by atoms with E-state index in [1.165, 1.54) is 18.1 Å². The van der Waals surface area contributed by atoms with Gasteiger partial charge in [0.2, 0.25) is 0 Å². The Morgan fingerprint density at radius 2 is 2.05 bits per heavy atom. The van der Waals surface area contributed by atoms with Gasteiger partial charge in [-0.1, -0.05) is 36.8 Å². The maximum Gasteiger partial charge on any atom is 0.308 e. The molecule has 2 aromatic carbocycles. The molecule has 0 saturated heterocycles. The van der Waals surface area contributed by atoms with Crippen LogP contribution in [0.1, 0.15) is 25.0 Å². The van der Waals surface area contributed by atoms with Gasteiger partial charge in [0.15, 0.2) is 0 Å². The minimum atomic E-state index is -0.305.